The van der Waals surface area contributed by atoms with Gasteiger partial charge in [-0.25, -0.2) is 4.79 Å². The Labute approximate surface area is 346 Å². The van der Waals surface area contributed by atoms with Crippen LogP contribution in [0.1, 0.15) is 129 Å². The van der Waals surface area contributed by atoms with Gasteiger partial charge in [0.1, 0.15) is 19.3 Å². The first kappa shape index (κ1) is 54.6. The number of nitrogens with one attached hydrogen (secondary N) is 4. The third-order valence-corrected chi connectivity index (χ3v) is 9.08. The second-order valence-electron chi connectivity index (χ2n) is 14.6. The van der Waals surface area contributed by atoms with Crippen molar-refractivity contribution < 1.29 is 62.7 Å². The van der Waals surface area contributed by atoms with Gasteiger partial charge in [0.2, 0.25) is 23.6 Å². The number of carbonyl (C=O) groups is 6. The Morgan fingerprint density at radius 3 is 1.45 bits per heavy atom. The molecular weight excluding hydrogens is 756 g/mol. The number of rotatable bonds is 43. The summed E-state index contributed by atoms with van der Waals surface area (Å²) < 4.78 is 26.5. The quantitative estimate of drug-likeness (QED) is 0.0481. The van der Waals surface area contributed by atoms with Gasteiger partial charge in [0.25, 0.3) is 0 Å². The van der Waals surface area contributed by atoms with Crippen molar-refractivity contribution in [2.45, 2.75) is 135 Å². The minimum Gasteiger partial charge on any atom is -0.481 e. The number of hydrogen-bond donors (Lipinski definition) is 6. The average Bonchev–Trinajstić information content (AvgIpc) is 3.18. The standard InChI is InChI=1S/C41H76N4O13/c1-34(31-54-2)17-15-16-22-42-38(48)32-57-29-28-56-26-24-44-39(49)33-58-30-27-55-25-23-43-36(46)21-20-35(41(52)53)45-37(47)18-13-11-9-7-5-3-4-6-8-10-12-14-19-40(50)51/h34-35H,3-33H2,1-2H3,(H,42,48)(H,43,46)(H,44,49)(H,45,47)(H,50,51)(H,52,53)/t34?,35-/m0/s1. The van der Waals surface area contributed by atoms with Crippen molar-refractivity contribution in [1.82, 2.24) is 21.3 Å². The summed E-state index contributed by atoms with van der Waals surface area (Å²) in [6, 6.07) is -1.14. The van der Waals surface area contributed by atoms with Crippen molar-refractivity contribution in [3.63, 3.8) is 0 Å². The zero-order chi connectivity index (χ0) is 42.9. The van der Waals surface area contributed by atoms with Gasteiger partial charge in [0.15, 0.2) is 0 Å². The van der Waals surface area contributed by atoms with Crippen LogP contribution in [0.4, 0.5) is 0 Å². The summed E-state index contributed by atoms with van der Waals surface area (Å²) >= 11 is 0. The fourth-order valence-electron chi connectivity index (χ4n) is 5.83. The van der Waals surface area contributed by atoms with Crippen LogP contribution in [-0.4, -0.2) is 138 Å². The Hall–Kier alpha value is -3.38. The van der Waals surface area contributed by atoms with Crippen molar-refractivity contribution in [2.75, 3.05) is 86.2 Å². The van der Waals surface area contributed by atoms with Crippen molar-refractivity contribution in [3.8, 4) is 0 Å². The molecule has 0 radical (unpaired) electrons. The molecule has 0 rings (SSSR count). The smallest absolute Gasteiger partial charge is 0.326 e. The second kappa shape index (κ2) is 40.4. The van der Waals surface area contributed by atoms with E-state index >= 15 is 0 Å². The molecule has 0 heterocycles. The molecule has 1 unspecified atom stereocenters. The molecule has 0 spiro atoms. The maximum atomic E-state index is 12.3. The SMILES string of the molecule is COCC(C)CCCCNC(=O)COCCOCCNC(=O)COCCOCCNC(=O)CC[C@H](NC(=O)CCCCCCCCCCCCCCC(=O)O)C(=O)O. The summed E-state index contributed by atoms with van der Waals surface area (Å²) in [5, 5.41) is 28.8. The first-order chi connectivity index (χ1) is 28.0. The third-order valence-electron chi connectivity index (χ3n) is 9.08. The van der Waals surface area contributed by atoms with E-state index in [4.69, 9.17) is 28.8 Å². The summed E-state index contributed by atoms with van der Waals surface area (Å²) in [5.41, 5.74) is 0. The van der Waals surface area contributed by atoms with Gasteiger partial charge in [0.05, 0.1) is 39.6 Å². The first-order valence-electron chi connectivity index (χ1n) is 21.4. The highest BCUT2D eigenvalue weighted by molar-refractivity contribution is 5.84. The molecule has 0 aromatic carbocycles. The van der Waals surface area contributed by atoms with E-state index < -0.39 is 18.0 Å². The van der Waals surface area contributed by atoms with Crippen molar-refractivity contribution in [2.24, 2.45) is 5.92 Å². The van der Waals surface area contributed by atoms with Crippen LogP contribution < -0.4 is 21.3 Å². The van der Waals surface area contributed by atoms with Crippen LogP contribution in [0.5, 0.6) is 0 Å². The van der Waals surface area contributed by atoms with Gasteiger partial charge in [-0.05, 0) is 38.0 Å². The predicted molar refractivity (Wildman–Crippen MR) is 218 cm³/mol. The van der Waals surface area contributed by atoms with Crippen molar-refractivity contribution in [1.29, 1.82) is 0 Å². The molecule has 338 valence electrons. The molecule has 0 aliphatic heterocycles. The largest absolute Gasteiger partial charge is 0.481 e. The molecule has 2 atom stereocenters. The zero-order valence-electron chi connectivity index (χ0n) is 35.5. The Bertz CT molecular complexity index is 1080. The molecule has 0 aromatic rings. The number of carboxylic acids is 2. The highest BCUT2D eigenvalue weighted by Gasteiger charge is 2.20. The van der Waals surface area contributed by atoms with Crippen molar-refractivity contribution in [3.05, 3.63) is 0 Å². The first-order valence-corrected chi connectivity index (χ1v) is 21.4. The number of hydrogen-bond acceptors (Lipinski definition) is 11. The molecule has 0 bridgehead atoms. The van der Waals surface area contributed by atoms with Gasteiger partial charge in [0, 0.05) is 52.6 Å². The summed E-state index contributed by atoms with van der Waals surface area (Å²) in [7, 11) is 1.70. The topological polar surface area (TPSA) is 237 Å². The van der Waals surface area contributed by atoms with E-state index in [1.807, 2.05) is 0 Å². The van der Waals surface area contributed by atoms with E-state index in [9.17, 15) is 33.9 Å². The number of ether oxygens (including phenoxy) is 5. The van der Waals surface area contributed by atoms with Crippen LogP contribution in [-0.2, 0) is 52.5 Å². The van der Waals surface area contributed by atoms with E-state index in [0.29, 0.717) is 32.0 Å². The van der Waals surface area contributed by atoms with Crippen LogP contribution in [0, 0.1) is 5.92 Å². The number of aliphatic carboxylic acids is 2. The Morgan fingerprint density at radius 2 is 0.948 bits per heavy atom. The Kier molecular flexibility index (Phi) is 38.0. The normalized spacial score (nSPS) is 12.1. The van der Waals surface area contributed by atoms with Gasteiger partial charge in [-0.1, -0.05) is 77.6 Å². The molecule has 4 amide bonds. The maximum Gasteiger partial charge on any atom is 0.326 e. The summed E-state index contributed by atoms with van der Waals surface area (Å²) in [6.45, 7) is 5.29. The fraction of sp³-hybridized carbons (Fsp3) is 0.854. The molecule has 0 aromatic heterocycles. The summed E-state index contributed by atoms with van der Waals surface area (Å²) in [5.74, 6) is -2.55. The predicted octanol–water partition coefficient (Wildman–Crippen LogP) is 3.75. The maximum absolute atomic E-state index is 12.3. The zero-order valence-corrected chi connectivity index (χ0v) is 35.5. The van der Waals surface area contributed by atoms with E-state index in [-0.39, 0.29) is 102 Å². The van der Waals surface area contributed by atoms with E-state index in [2.05, 4.69) is 28.2 Å². The Morgan fingerprint density at radius 1 is 0.483 bits per heavy atom. The summed E-state index contributed by atoms with van der Waals surface area (Å²) in [4.78, 5) is 70.3. The lowest BCUT2D eigenvalue weighted by Gasteiger charge is -2.14. The molecule has 0 aliphatic rings. The summed E-state index contributed by atoms with van der Waals surface area (Å²) in [6.07, 6.45) is 15.8. The molecular formula is C41H76N4O13. The highest BCUT2D eigenvalue weighted by atomic mass is 16.5. The van der Waals surface area contributed by atoms with Crippen LogP contribution >= 0.6 is 0 Å². The van der Waals surface area contributed by atoms with Gasteiger partial charge in [-0.2, -0.15) is 0 Å². The third kappa shape index (κ3) is 39.4. The molecule has 6 N–H and O–H groups in total. The average molecular weight is 833 g/mol. The molecule has 0 aliphatic carbocycles. The van der Waals surface area contributed by atoms with Gasteiger partial charge in [-0.15, -0.1) is 0 Å². The van der Waals surface area contributed by atoms with Gasteiger partial charge < -0.3 is 55.2 Å². The second-order valence-corrected chi connectivity index (χ2v) is 14.6. The van der Waals surface area contributed by atoms with Crippen LogP contribution in [0.2, 0.25) is 0 Å². The van der Waals surface area contributed by atoms with Gasteiger partial charge >= 0.3 is 11.9 Å². The molecule has 17 nitrogen and oxygen atoms in total. The lowest BCUT2D eigenvalue weighted by molar-refractivity contribution is -0.142. The minimum atomic E-state index is -1.18. The number of carbonyl (C=O) groups excluding carboxylic acids is 4. The van der Waals surface area contributed by atoms with E-state index in [1.165, 1.54) is 19.3 Å². The van der Waals surface area contributed by atoms with Gasteiger partial charge in [-0.3, -0.25) is 24.0 Å². The number of methoxy groups -OCH3 is 1. The molecule has 0 saturated carbocycles. The van der Waals surface area contributed by atoms with Crippen LogP contribution in [0.15, 0.2) is 0 Å². The molecule has 0 fully saturated rings. The molecule has 17 heteroatoms. The molecule has 0 saturated heterocycles. The number of unbranched alkanes of at least 4 members (excludes halogenated alkanes) is 12. The minimum absolute atomic E-state index is 0.0245. The number of amides is 4. The fourth-order valence-corrected chi connectivity index (χ4v) is 5.83. The number of carboxylic acid groups (broad SMARTS) is 2. The monoisotopic (exact) mass is 833 g/mol. The highest BCUT2D eigenvalue weighted by Crippen LogP contribution is 2.13. The van der Waals surface area contributed by atoms with E-state index in [1.54, 1.807) is 7.11 Å². The molecule has 58 heavy (non-hydrogen) atoms. The van der Waals surface area contributed by atoms with Crippen LogP contribution in [0.25, 0.3) is 0 Å². The van der Waals surface area contributed by atoms with Crippen LogP contribution in [0.3, 0.4) is 0 Å². The lowest BCUT2D eigenvalue weighted by atomic mass is 10.0. The lowest BCUT2D eigenvalue weighted by Crippen LogP contribution is -2.41. The van der Waals surface area contributed by atoms with Crippen molar-refractivity contribution >= 4 is 35.6 Å². The Balaban J connectivity index is 3.65. The van der Waals surface area contributed by atoms with E-state index in [0.717, 1.165) is 77.2 Å².